The van der Waals surface area contributed by atoms with Crippen LogP contribution in [0.25, 0.3) is 0 Å². The molecule has 2 aliphatic carbocycles. The summed E-state index contributed by atoms with van der Waals surface area (Å²) in [6.45, 7) is 0. The van der Waals surface area contributed by atoms with Crippen LogP contribution in [-0.4, -0.2) is 49.9 Å². The number of ether oxygens (including phenoxy) is 1. The van der Waals surface area contributed by atoms with Gasteiger partial charge in [-0.3, -0.25) is 24.1 Å². The Morgan fingerprint density at radius 1 is 0.746 bits per heavy atom. The minimum atomic E-state index is -1.48. The second-order valence-corrected chi connectivity index (χ2v) is 16.1. The molecule has 296 valence electrons. The second kappa shape index (κ2) is 14.7. The number of halogens is 1. The first-order valence-electron chi connectivity index (χ1n) is 19.5. The van der Waals surface area contributed by atoms with Crippen molar-refractivity contribution in [1.82, 2.24) is 0 Å². The van der Waals surface area contributed by atoms with Gasteiger partial charge in [0, 0.05) is 42.4 Å². The van der Waals surface area contributed by atoms with Crippen LogP contribution in [0.2, 0.25) is 5.02 Å². The van der Waals surface area contributed by atoms with Crippen LogP contribution in [0.3, 0.4) is 0 Å². The van der Waals surface area contributed by atoms with E-state index in [0.717, 1.165) is 11.3 Å². The van der Waals surface area contributed by atoms with Crippen molar-refractivity contribution in [3.05, 3.63) is 149 Å². The van der Waals surface area contributed by atoms with Gasteiger partial charge in [-0.25, -0.2) is 4.90 Å². The van der Waals surface area contributed by atoms with Gasteiger partial charge in [0.1, 0.15) is 11.5 Å². The molecular weight excluding hydrogens is 766 g/mol. The zero-order chi connectivity index (χ0) is 41.2. The molecule has 3 fully saturated rings. The van der Waals surface area contributed by atoms with Gasteiger partial charge in [-0.2, -0.15) is 10.2 Å². The maximum absolute atomic E-state index is 15.5. The smallest absolute Gasteiger partial charge is 0.246 e. The summed E-state index contributed by atoms with van der Waals surface area (Å²) in [7, 11) is 5.42. The number of benzene rings is 5. The van der Waals surface area contributed by atoms with Crippen molar-refractivity contribution in [2.24, 2.45) is 33.9 Å². The monoisotopic (exact) mass is 805 g/mol. The SMILES string of the molecule is COc1cc(O)ccc1[C@H]1C2=CC[C@@H]3C(=O)N(c4ccc(N=Nc5ccc(N(C)C)cc5)cc4)C(=O)[C@@H]3[C@@H]2C[C@H]2C(=O)N(c3cccc(Cl)c3)C(=O)[C@@]12c1ccccc1. The first-order valence-corrected chi connectivity index (χ1v) is 19.8. The zero-order valence-electron chi connectivity index (χ0n) is 32.5. The summed E-state index contributed by atoms with van der Waals surface area (Å²) in [6, 6.07) is 35.1. The van der Waals surface area contributed by atoms with Crippen molar-refractivity contribution in [2.45, 2.75) is 24.2 Å². The van der Waals surface area contributed by atoms with E-state index in [0.29, 0.717) is 44.6 Å². The Hall–Kier alpha value is -6.59. The topological polar surface area (TPSA) is 132 Å². The number of rotatable bonds is 8. The van der Waals surface area contributed by atoms with Crippen LogP contribution in [0.1, 0.15) is 29.9 Å². The van der Waals surface area contributed by atoms with E-state index in [-0.39, 0.29) is 30.4 Å². The molecule has 4 aliphatic rings. The van der Waals surface area contributed by atoms with Gasteiger partial charge in [0.25, 0.3) is 0 Å². The van der Waals surface area contributed by atoms with Crippen molar-refractivity contribution in [2.75, 3.05) is 35.9 Å². The molecule has 2 saturated heterocycles. The van der Waals surface area contributed by atoms with Crippen molar-refractivity contribution in [3.8, 4) is 11.5 Å². The number of phenols is 1. The van der Waals surface area contributed by atoms with Crippen LogP contribution >= 0.6 is 11.6 Å². The average Bonchev–Trinajstić information content (AvgIpc) is 3.64. The van der Waals surface area contributed by atoms with E-state index in [4.69, 9.17) is 16.3 Å². The Balaban J connectivity index is 1.13. The van der Waals surface area contributed by atoms with E-state index in [1.807, 2.05) is 79.7 Å². The third-order valence-corrected chi connectivity index (χ3v) is 12.7. The molecule has 0 spiro atoms. The fourth-order valence-electron chi connectivity index (χ4n) is 9.88. The van der Waals surface area contributed by atoms with E-state index in [9.17, 15) is 14.7 Å². The number of phenolic OH excluding ortho intramolecular Hbond substituents is 1. The van der Waals surface area contributed by atoms with Crippen molar-refractivity contribution >= 4 is 63.7 Å². The molecule has 0 radical (unpaired) electrons. The number of allylic oxidation sites excluding steroid dienone is 2. The normalized spacial score (nSPS) is 24.9. The molecule has 0 aromatic heterocycles. The Morgan fingerprint density at radius 3 is 2.10 bits per heavy atom. The molecule has 9 rings (SSSR count). The lowest BCUT2D eigenvalue weighted by atomic mass is 9.49. The molecule has 5 aromatic carbocycles. The Morgan fingerprint density at radius 2 is 1.44 bits per heavy atom. The minimum Gasteiger partial charge on any atom is -0.508 e. The van der Waals surface area contributed by atoms with Gasteiger partial charge in [0.05, 0.1) is 53.0 Å². The number of aromatic hydroxyl groups is 1. The molecule has 11 nitrogen and oxygen atoms in total. The first kappa shape index (κ1) is 38.0. The standard InChI is InChI=1S/C47H40ClN5O6/c1-51(2)31-16-12-29(13-17-31)49-50-30-14-18-32(19-15-30)52-43(55)37-23-22-35-38(41(37)45(52)57)26-39-44(56)53(33-11-7-10-28(48)24-33)46(58)47(39,27-8-5-4-6-9-27)42(35)36-21-20-34(54)25-40(36)59-3/h4-22,24-25,37-39,41-42,54H,23,26H2,1-3H3/t37-,38+,39-,41-,42+,47+/m0/s1. The molecule has 4 amide bonds. The van der Waals surface area contributed by atoms with Gasteiger partial charge < -0.3 is 14.7 Å². The third kappa shape index (κ3) is 6.02. The van der Waals surface area contributed by atoms with E-state index < -0.39 is 46.8 Å². The van der Waals surface area contributed by atoms with Crippen LogP contribution in [0.5, 0.6) is 11.5 Å². The highest BCUT2D eigenvalue weighted by molar-refractivity contribution is 6.32. The lowest BCUT2D eigenvalue weighted by Gasteiger charge is -2.51. The molecule has 0 bridgehead atoms. The van der Waals surface area contributed by atoms with Crippen LogP contribution in [0.4, 0.5) is 28.4 Å². The van der Waals surface area contributed by atoms with Crippen LogP contribution in [0.15, 0.2) is 143 Å². The summed E-state index contributed by atoms with van der Waals surface area (Å²) in [5, 5.41) is 19.7. The summed E-state index contributed by atoms with van der Waals surface area (Å²) in [5.74, 6) is -5.05. The number of imide groups is 2. The fourth-order valence-corrected chi connectivity index (χ4v) is 10.1. The Kier molecular flexibility index (Phi) is 9.43. The lowest BCUT2D eigenvalue weighted by Crippen LogP contribution is -2.53. The number of hydrogen-bond donors (Lipinski definition) is 1. The zero-order valence-corrected chi connectivity index (χ0v) is 33.3. The first-order chi connectivity index (χ1) is 28.5. The minimum absolute atomic E-state index is 0.0336. The number of anilines is 3. The van der Waals surface area contributed by atoms with Crippen molar-refractivity contribution in [1.29, 1.82) is 0 Å². The lowest BCUT2D eigenvalue weighted by molar-refractivity contribution is -0.127. The number of hydrogen-bond acceptors (Lipinski definition) is 9. The molecule has 1 N–H and O–H groups in total. The molecule has 2 heterocycles. The van der Waals surface area contributed by atoms with Gasteiger partial charge in [0.15, 0.2) is 0 Å². The van der Waals surface area contributed by atoms with Crippen molar-refractivity contribution < 1.29 is 29.0 Å². The molecule has 2 aliphatic heterocycles. The van der Waals surface area contributed by atoms with Gasteiger partial charge in [0.2, 0.25) is 23.6 Å². The number of azo groups is 1. The third-order valence-electron chi connectivity index (χ3n) is 12.5. The van der Waals surface area contributed by atoms with Crippen LogP contribution < -0.4 is 19.4 Å². The maximum Gasteiger partial charge on any atom is 0.246 e. The van der Waals surface area contributed by atoms with Gasteiger partial charge in [-0.1, -0.05) is 65.7 Å². The summed E-state index contributed by atoms with van der Waals surface area (Å²) in [5.41, 5.74) is 3.53. The van der Waals surface area contributed by atoms with Crippen LogP contribution in [0, 0.1) is 23.7 Å². The Bertz CT molecular complexity index is 2580. The highest BCUT2D eigenvalue weighted by Crippen LogP contribution is 2.65. The Labute approximate surface area is 346 Å². The molecule has 59 heavy (non-hydrogen) atoms. The number of methoxy groups -OCH3 is 1. The molecule has 1 saturated carbocycles. The number of amides is 4. The quantitative estimate of drug-likeness (QED) is 0.0941. The summed E-state index contributed by atoms with van der Waals surface area (Å²) in [4.78, 5) is 64.1. The van der Waals surface area contributed by atoms with E-state index in [1.165, 1.54) is 29.0 Å². The number of carbonyl (C=O) groups is 4. The fraction of sp³-hybridized carbons (Fsp3) is 0.234. The predicted molar refractivity (Wildman–Crippen MR) is 225 cm³/mol. The number of fused-ring (bicyclic) bond motifs is 4. The largest absolute Gasteiger partial charge is 0.508 e. The summed E-state index contributed by atoms with van der Waals surface area (Å²) < 4.78 is 5.88. The highest BCUT2D eigenvalue weighted by Gasteiger charge is 2.70. The summed E-state index contributed by atoms with van der Waals surface area (Å²) in [6.07, 6.45) is 2.39. The van der Waals surface area contributed by atoms with Gasteiger partial charge in [-0.05, 0) is 97.1 Å². The predicted octanol–water partition coefficient (Wildman–Crippen LogP) is 8.90. The number of nitrogens with zero attached hydrogens (tertiary/aromatic N) is 5. The molecular formula is C47H40ClN5O6. The van der Waals surface area contributed by atoms with Crippen molar-refractivity contribution in [3.63, 3.8) is 0 Å². The highest BCUT2D eigenvalue weighted by atomic mass is 35.5. The second-order valence-electron chi connectivity index (χ2n) is 15.7. The number of carbonyl (C=O) groups excluding carboxylic acids is 4. The van der Waals surface area contributed by atoms with E-state index >= 15 is 9.59 Å². The molecule has 5 aromatic rings. The van der Waals surface area contributed by atoms with E-state index in [2.05, 4.69) is 10.2 Å². The molecule has 0 unspecified atom stereocenters. The van der Waals surface area contributed by atoms with E-state index in [1.54, 1.807) is 54.6 Å². The van der Waals surface area contributed by atoms with Gasteiger partial charge in [-0.15, -0.1) is 0 Å². The molecule has 12 heteroatoms. The van der Waals surface area contributed by atoms with Crippen LogP contribution in [-0.2, 0) is 24.6 Å². The average molecular weight is 806 g/mol. The van der Waals surface area contributed by atoms with Gasteiger partial charge >= 0.3 is 0 Å². The summed E-state index contributed by atoms with van der Waals surface area (Å²) >= 11 is 6.44. The maximum atomic E-state index is 15.5. The molecule has 6 atom stereocenters.